The average molecular weight is 247 g/mol. The molecule has 16 heavy (non-hydrogen) atoms. The standard InChI is InChI=1S/C11H21NO3S/c1-8-6-4-5-7-10(8)12-11(13)9(2)16(3,14)15/h8-10H,4-7H2,1-3H3,(H,12,13)/t8-,9+,10+/m1/s1. The van der Waals surface area contributed by atoms with Gasteiger partial charge in [-0.05, 0) is 25.7 Å². The van der Waals surface area contributed by atoms with Gasteiger partial charge in [0, 0.05) is 12.3 Å². The van der Waals surface area contributed by atoms with Gasteiger partial charge in [0.15, 0.2) is 9.84 Å². The molecule has 1 aliphatic carbocycles. The number of nitrogens with one attached hydrogen (secondary N) is 1. The fraction of sp³-hybridized carbons (Fsp3) is 0.909. The normalized spacial score (nSPS) is 28.4. The van der Waals surface area contributed by atoms with Gasteiger partial charge in [-0.2, -0.15) is 0 Å². The van der Waals surface area contributed by atoms with Crippen LogP contribution in [0.2, 0.25) is 0 Å². The number of sulfone groups is 1. The minimum Gasteiger partial charge on any atom is -0.352 e. The monoisotopic (exact) mass is 247 g/mol. The zero-order valence-corrected chi connectivity index (χ0v) is 11.0. The summed E-state index contributed by atoms with van der Waals surface area (Å²) in [6.45, 7) is 3.55. The van der Waals surface area contributed by atoms with Crippen molar-refractivity contribution in [2.75, 3.05) is 6.26 Å². The molecule has 94 valence electrons. The molecule has 5 heteroatoms. The molecular formula is C11H21NO3S. The molecule has 0 saturated heterocycles. The van der Waals surface area contributed by atoms with Crippen molar-refractivity contribution in [3.8, 4) is 0 Å². The number of amides is 1. The molecule has 0 radical (unpaired) electrons. The second-order valence-electron chi connectivity index (χ2n) is 4.85. The third-order valence-corrected chi connectivity index (χ3v) is 4.95. The van der Waals surface area contributed by atoms with Gasteiger partial charge in [-0.25, -0.2) is 8.42 Å². The van der Waals surface area contributed by atoms with Crippen LogP contribution in [-0.4, -0.2) is 31.9 Å². The summed E-state index contributed by atoms with van der Waals surface area (Å²) in [5.74, 6) is 0.0886. The Morgan fingerprint density at radius 1 is 1.31 bits per heavy atom. The zero-order valence-electron chi connectivity index (χ0n) is 10.2. The highest BCUT2D eigenvalue weighted by Crippen LogP contribution is 2.23. The smallest absolute Gasteiger partial charge is 0.238 e. The lowest BCUT2D eigenvalue weighted by molar-refractivity contribution is -0.121. The molecule has 4 nitrogen and oxygen atoms in total. The molecular weight excluding hydrogens is 226 g/mol. The SMILES string of the molecule is C[C@@H]1CCCC[C@@H]1NC(=O)[C@H](C)S(C)(=O)=O. The number of hydrogen-bond donors (Lipinski definition) is 1. The molecule has 0 unspecified atom stereocenters. The summed E-state index contributed by atoms with van der Waals surface area (Å²) in [4.78, 5) is 11.7. The van der Waals surface area contributed by atoms with Gasteiger partial charge in [0.25, 0.3) is 0 Å². The third-order valence-electron chi connectivity index (χ3n) is 3.45. The van der Waals surface area contributed by atoms with E-state index >= 15 is 0 Å². The Balaban J connectivity index is 2.57. The van der Waals surface area contributed by atoms with Crippen LogP contribution in [0.3, 0.4) is 0 Å². The van der Waals surface area contributed by atoms with Crippen molar-refractivity contribution >= 4 is 15.7 Å². The van der Waals surface area contributed by atoms with Crippen molar-refractivity contribution in [1.82, 2.24) is 5.32 Å². The Bertz CT molecular complexity index is 350. The van der Waals surface area contributed by atoms with Crippen molar-refractivity contribution in [3.63, 3.8) is 0 Å². The summed E-state index contributed by atoms with van der Waals surface area (Å²) in [6.07, 6.45) is 5.49. The Hall–Kier alpha value is -0.580. The molecule has 1 aliphatic rings. The molecule has 1 amide bonds. The topological polar surface area (TPSA) is 63.2 Å². The molecule has 1 fully saturated rings. The van der Waals surface area contributed by atoms with Gasteiger partial charge in [-0.3, -0.25) is 4.79 Å². The second kappa shape index (κ2) is 5.17. The minimum absolute atomic E-state index is 0.144. The van der Waals surface area contributed by atoms with E-state index in [0.29, 0.717) is 5.92 Å². The summed E-state index contributed by atoms with van der Waals surface area (Å²) >= 11 is 0. The fourth-order valence-corrected chi connectivity index (χ4v) is 2.48. The molecule has 0 aromatic heterocycles. The first-order valence-electron chi connectivity index (χ1n) is 5.81. The molecule has 0 aliphatic heterocycles. The van der Waals surface area contributed by atoms with Crippen LogP contribution in [0.15, 0.2) is 0 Å². The van der Waals surface area contributed by atoms with E-state index in [-0.39, 0.29) is 11.9 Å². The lowest BCUT2D eigenvalue weighted by Crippen LogP contribution is -2.46. The van der Waals surface area contributed by atoms with Gasteiger partial charge >= 0.3 is 0 Å². The number of rotatable bonds is 3. The average Bonchev–Trinajstić information content (AvgIpc) is 2.19. The number of hydrogen-bond acceptors (Lipinski definition) is 3. The maximum absolute atomic E-state index is 11.7. The van der Waals surface area contributed by atoms with E-state index in [2.05, 4.69) is 12.2 Å². The number of carbonyl (C=O) groups is 1. The van der Waals surface area contributed by atoms with Crippen LogP contribution < -0.4 is 5.32 Å². The van der Waals surface area contributed by atoms with Gasteiger partial charge < -0.3 is 5.32 Å². The van der Waals surface area contributed by atoms with Crippen LogP contribution >= 0.6 is 0 Å². The maximum Gasteiger partial charge on any atom is 0.238 e. The van der Waals surface area contributed by atoms with Gasteiger partial charge in [0.05, 0.1) is 0 Å². The minimum atomic E-state index is -3.28. The molecule has 0 heterocycles. The molecule has 1 N–H and O–H groups in total. The van der Waals surface area contributed by atoms with Crippen LogP contribution in [0.5, 0.6) is 0 Å². The molecule has 1 saturated carbocycles. The Labute approximate surface area is 97.7 Å². The van der Waals surface area contributed by atoms with Crippen LogP contribution in [0.4, 0.5) is 0 Å². The van der Waals surface area contributed by atoms with E-state index in [9.17, 15) is 13.2 Å². The molecule has 0 aromatic rings. The summed E-state index contributed by atoms with van der Waals surface area (Å²) in [5.41, 5.74) is 0. The first kappa shape index (κ1) is 13.5. The Morgan fingerprint density at radius 3 is 2.38 bits per heavy atom. The quantitative estimate of drug-likeness (QED) is 0.812. The Kier molecular flexibility index (Phi) is 4.35. The van der Waals surface area contributed by atoms with E-state index in [1.54, 1.807) is 0 Å². The van der Waals surface area contributed by atoms with Crippen molar-refractivity contribution in [2.24, 2.45) is 5.92 Å². The summed E-state index contributed by atoms with van der Waals surface area (Å²) < 4.78 is 22.5. The van der Waals surface area contributed by atoms with Gasteiger partial charge in [-0.1, -0.05) is 19.8 Å². The summed E-state index contributed by atoms with van der Waals surface area (Å²) in [5, 5.41) is 1.91. The van der Waals surface area contributed by atoms with Gasteiger partial charge in [-0.15, -0.1) is 0 Å². The molecule has 1 rings (SSSR count). The lowest BCUT2D eigenvalue weighted by atomic mass is 9.86. The van der Waals surface area contributed by atoms with Crippen LogP contribution in [0.1, 0.15) is 39.5 Å². The van der Waals surface area contributed by atoms with Crippen LogP contribution in [0, 0.1) is 5.92 Å². The lowest BCUT2D eigenvalue weighted by Gasteiger charge is -2.30. The van der Waals surface area contributed by atoms with Crippen molar-refractivity contribution in [2.45, 2.75) is 50.8 Å². The number of carbonyl (C=O) groups excluding carboxylic acids is 1. The largest absolute Gasteiger partial charge is 0.352 e. The van der Waals surface area contributed by atoms with Gasteiger partial charge in [0.2, 0.25) is 5.91 Å². The highest BCUT2D eigenvalue weighted by atomic mass is 32.2. The summed E-state index contributed by atoms with van der Waals surface area (Å²) in [7, 11) is -3.28. The molecule has 0 aromatic carbocycles. The highest BCUT2D eigenvalue weighted by Gasteiger charge is 2.28. The summed E-state index contributed by atoms with van der Waals surface area (Å²) in [6, 6.07) is 0.144. The molecule has 0 spiro atoms. The highest BCUT2D eigenvalue weighted by molar-refractivity contribution is 7.92. The Morgan fingerprint density at radius 2 is 1.88 bits per heavy atom. The fourth-order valence-electron chi connectivity index (χ4n) is 2.03. The first-order valence-corrected chi connectivity index (χ1v) is 7.77. The van der Waals surface area contributed by atoms with Crippen molar-refractivity contribution < 1.29 is 13.2 Å². The van der Waals surface area contributed by atoms with E-state index in [1.165, 1.54) is 13.3 Å². The first-order chi connectivity index (χ1) is 7.32. The molecule has 0 bridgehead atoms. The van der Waals surface area contributed by atoms with Crippen LogP contribution in [0.25, 0.3) is 0 Å². The van der Waals surface area contributed by atoms with Crippen molar-refractivity contribution in [1.29, 1.82) is 0 Å². The second-order valence-corrected chi connectivity index (χ2v) is 7.21. The maximum atomic E-state index is 11.7. The predicted octanol–water partition coefficient (Wildman–Crippen LogP) is 1.11. The van der Waals surface area contributed by atoms with E-state index in [0.717, 1.165) is 25.5 Å². The zero-order chi connectivity index (χ0) is 12.3. The van der Waals surface area contributed by atoms with Crippen LogP contribution in [-0.2, 0) is 14.6 Å². The van der Waals surface area contributed by atoms with Gasteiger partial charge in [0.1, 0.15) is 5.25 Å². The van der Waals surface area contributed by atoms with E-state index in [1.807, 2.05) is 0 Å². The predicted molar refractivity (Wildman–Crippen MR) is 63.9 cm³/mol. The van der Waals surface area contributed by atoms with Crippen molar-refractivity contribution in [3.05, 3.63) is 0 Å². The van der Waals surface area contributed by atoms with E-state index in [4.69, 9.17) is 0 Å². The third kappa shape index (κ3) is 3.47. The van der Waals surface area contributed by atoms with E-state index < -0.39 is 15.1 Å². The molecule has 3 atom stereocenters.